The van der Waals surface area contributed by atoms with E-state index in [2.05, 4.69) is 5.32 Å². The molecule has 0 heterocycles. The van der Waals surface area contributed by atoms with E-state index in [-0.39, 0.29) is 33.6 Å². The Morgan fingerprint density at radius 2 is 1.48 bits per heavy atom. The van der Waals surface area contributed by atoms with E-state index in [4.69, 9.17) is 23.2 Å². The van der Waals surface area contributed by atoms with Crippen LogP contribution < -0.4 is 9.62 Å². The highest BCUT2D eigenvalue weighted by Gasteiger charge is 2.36. The Morgan fingerprint density at radius 1 is 0.870 bits per heavy atom. The maximum absolute atomic E-state index is 14.4. The molecule has 0 saturated heterocycles. The predicted molar refractivity (Wildman–Crippen MR) is 172 cm³/mol. The molecule has 0 fully saturated rings. The van der Waals surface area contributed by atoms with Crippen LogP contribution in [0.15, 0.2) is 102 Å². The number of hydrogen-bond acceptors (Lipinski definition) is 4. The highest BCUT2D eigenvalue weighted by molar-refractivity contribution is 7.92. The summed E-state index contributed by atoms with van der Waals surface area (Å²) in [7, 11) is -3.20. The van der Waals surface area contributed by atoms with Gasteiger partial charge in [-0.2, -0.15) is 13.2 Å². The van der Waals surface area contributed by atoms with Gasteiger partial charge >= 0.3 is 6.18 Å². The molecule has 0 spiro atoms. The van der Waals surface area contributed by atoms with E-state index in [1.165, 1.54) is 37.4 Å². The Bertz CT molecular complexity index is 1790. The van der Waals surface area contributed by atoms with Crippen LogP contribution in [0.4, 0.5) is 18.9 Å². The molecule has 0 saturated carbocycles. The van der Waals surface area contributed by atoms with Crippen LogP contribution in [0, 0.1) is 6.92 Å². The van der Waals surface area contributed by atoms with Crippen molar-refractivity contribution in [2.45, 2.75) is 37.0 Å². The van der Waals surface area contributed by atoms with Crippen molar-refractivity contribution in [2.24, 2.45) is 0 Å². The minimum absolute atomic E-state index is 0.0304. The molecule has 0 aliphatic heterocycles. The van der Waals surface area contributed by atoms with Crippen molar-refractivity contribution < 1.29 is 31.2 Å². The molecule has 0 aromatic heterocycles. The maximum atomic E-state index is 14.4. The molecule has 4 rings (SSSR count). The highest BCUT2D eigenvalue weighted by atomic mass is 35.5. The first-order chi connectivity index (χ1) is 21.7. The first kappa shape index (κ1) is 34.8. The first-order valence-electron chi connectivity index (χ1n) is 14.0. The highest BCUT2D eigenvalue weighted by Crippen LogP contribution is 2.34. The van der Waals surface area contributed by atoms with Crippen molar-refractivity contribution >= 4 is 50.7 Å². The average Bonchev–Trinajstić information content (AvgIpc) is 3.02. The Labute approximate surface area is 275 Å². The number of likely N-dealkylation sites (N-methyl/N-ethyl adjacent to an activating group) is 1. The first-order valence-corrected chi connectivity index (χ1v) is 16.2. The third-order valence-corrected chi connectivity index (χ3v) is 9.75. The fourth-order valence-corrected chi connectivity index (χ4v) is 6.70. The largest absolute Gasteiger partial charge is 0.416 e. The van der Waals surface area contributed by atoms with Crippen LogP contribution in [0.3, 0.4) is 0 Å². The summed E-state index contributed by atoms with van der Waals surface area (Å²) in [4.78, 5) is 28.6. The Morgan fingerprint density at radius 3 is 2.07 bits per heavy atom. The number of halogens is 5. The molecule has 242 valence electrons. The summed E-state index contributed by atoms with van der Waals surface area (Å²) in [6.45, 7) is 0.499. The number of benzene rings is 4. The van der Waals surface area contributed by atoms with Crippen LogP contribution in [0.25, 0.3) is 0 Å². The van der Waals surface area contributed by atoms with Crippen LogP contribution in [0.2, 0.25) is 10.0 Å². The third kappa shape index (κ3) is 8.20. The van der Waals surface area contributed by atoms with Crippen molar-refractivity contribution in [2.75, 3.05) is 17.9 Å². The number of alkyl halides is 3. The number of carbonyl (C=O) groups is 2. The summed E-state index contributed by atoms with van der Waals surface area (Å²) in [5, 5.41) is 2.94. The van der Waals surface area contributed by atoms with Crippen LogP contribution >= 0.6 is 23.2 Å². The second kappa shape index (κ2) is 14.6. The summed E-state index contributed by atoms with van der Waals surface area (Å²) >= 11 is 12.9. The molecule has 7 nitrogen and oxygen atoms in total. The van der Waals surface area contributed by atoms with E-state index in [1.54, 1.807) is 55.5 Å². The summed E-state index contributed by atoms with van der Waals surface area (Å²) in [5.41, 5.74) is 0.250. The zero-order valence-corrected chi connectivity index (χ0v) is 27.1. The monoisotopic (exact) mass is 691 g/mol. The predicted octanol–water partition coefficient (Wildman–Crippen LogP) is 6.90. The van der Waals surface area contributed by atoms with E-state index in [0.29, 0.717) is 21.5 Å². The molecule has 4 aromatic rings. The van der Waals surface area contributed by atoms with Crippen molar-refractivity contribution in [3.63, 3.8) is 0 Å². The van der Waals surface area contributed by atoms with Gasteiger partial charge in [-0.3, -0.25) is 13.9 Å². The molecule has 1 N–H and O–H groups in total. The van der Waals surface area contributed by atoms with Gasteiger partial charge in [0.25, 0.3) is 10.0 Å². The Hall–Kier alpha value is -4.06. The third-order valence-electron chi connectivity index (χ3n) is 7.26. The zero-order chi connectivity index (χ0) is 33.6. The van der Waals surface area contributed by atoms with Crippen molar-refractivity contribution in [3.05, 3.63) is 129 Å². The van der Waals surface area contributed by atoms with Crippen molar-refractivity contribution in [3.8, 4) is 0 Å². The van der Waals surface area contributed by atoms with E-state index in [1.807, 2.05) is 0 Å². The second-order valence-corrected chi connectivity index (χ2v) is 13.1. The van der Waals surface area contributed by atoms with Gasteiger partial charge < -0.3 is 10.2 Å². The number of aryl methyl sites for hydroxylation is 1. The normalized spacial score (nSPS) is 12.3. The molecule has 0 radical (unpaired) electrons. The van der Waals surface area contributed by atoms with Gasteiger partial charge in [-0.1, -0.05) is 83.4 Å². The van der Waals surface area contributed by atoms with Crippen molar-refractivity contribution in [1.82, 2.24) is 10.2 Å². The van der Waals surface area contributed by atoms with Gasteiger partial charge in [0.1, 0.15) is 12.6 Å². The molecule has 4 aromatic carbocycles. The number of amides is 2. The van der Waals surface area contributed by atoms with E-state index in [9.17, 15) is 31.2 Å². The van der Waals surface area contributed by atoms with E-state index < -0.39 is 46.2 Å². The molecule has 0 aliphatic carbocycles. The van der Waals surface area contributed by atoms with Crippen LogP contribution in [0.5, 0.6) is 0 Å². The number of anilines is 1. The molecule has 13 heteroatoms. The van der Waals surface area contributed by atoms with Crippen LogP contribution in [-0.4, -0.2) is 44.8 Å². The average molecular weight is 693 g/mol. The topological polar surface area (TPSA) is 86.8 Å². The SMILES string of the molecule is CNC(=O)[C@H](Cc1ccccc1)N(Cc1c(Cl)cccc1Cl)C(=O)CN(c1cccc(C(F)(F)F)c1)S(=O)(=O)c1ccc(C)cc1. The van der Waals surface area contributed by atoms with E-state index in [0.717, 1.165) is 22.6 Å². The lowest BCUT2D eigenvalue weighted by molar-refractivity contribution is -0.139. The van der Waals surface area contributed by atoms with Crippen LogP contribution in [0.1, 0.15) is 22.3 Å². The van der Waals surface area contributed by atoms with Gasteiger partial charge in [0, 0.05) is 35.6 Å². The fourth-order valence-electron chi connectivity index (χ4n) is 4.78. The lowest BCUT2D eigenvalue weighted by Gasteiger charge is -2.34. The smallest absolute Gasteiger partial charge is 0.357 e. The Kier molecular flexibility index (Phi) is 11.0. The molecular weight excluding hydrogens is 662 g/mol. The van der Waals surface area contributed by atoms with Gasteiger partial charge in [-0.15, -0.1) is 0 Å². The van der Waals surface area contributed by atoms with E-state index >= 15 is 0 Å². The van der Waals surface area contributed by atoms with Crippen LogP contribution in [-0.2, 0) is 38.8 Å². The molecular formula is C33H30Cl2F3N3O4S. The van der Waals surface area contributed by atoms with Gasteiger partial charge in [0.15, 0.2) is 0 Å². The number of sulfonamides is 1. The van der Waals surface area contributed by atoms with Gasteiger partial charge in [-0.25, -0.2) is 8.42 Å². The number of rotatable bonds is 11. The molecule has 46 heavy (non-hydrogen) atoms. The molecule has 0 bridgehead atoms. The summed E-state index contributed by atoms with van der Waals surface area (Å²) < 4.78 is 69.9. The van der Waals surface area contributed by atoms with Crippen molar-refractivity contribution in [1.29, 1.82) is 0 Å². The summed E-state index contributed by atoms with van der Waals surface area (Å²) in [5.74, 6) is -1.44. The number of nitrogens with zero attached hydrogens (tertiary/aromatic N) is 2. The summed E-state index contributed by atoms with van der Waals surface area (Å²) in [6, 6.07) is 21.7. The molecule has 2 amide bonds. The number of carbonyl (C=O) groups excluding carboxylic acids is 2. The molecule has 0 unspecified atom stereocenters. The fraction of sp³-hybridized carbons (Fsp3) is 0.212. The quantitative estimate of drug-likeness (QED) is 0.185. The maximum Gasteiger partial charge on any atom is 0.416 e. The standard InChI is InChI=1S/C33H30Cl2F3N3O4S/c1-22-14-16-26(17-15-22)46(44,45)41(25-11-6-10-24(19-25)33(36,37)38)21-31(42)40(20-27-28(34)12-7-13-29(27)35)30(32(43)39-2)18-23-8-4-3-5-9-23/h3-17,19,30H,18,20-21H2,1-2H3,(H,39,43)/t30-/m0/s1. The molecule has 0 aliphatic rings. The Balaban J connectivity index is 1.86. The lowest BCUT2D eigenvalue weighted by Crippen LogP contribution is -2.53. The van der Waals surface area contributed by atoms with Gasteiger partial charge in [0.2, 0.25) is 11.8 Å². The molecule has 1 atom stereocenters. The number of nitrogens with one attached hydrogen (secondary N) is 1. The zero-order valence-electron chi connectivity index (χ0n) is 24.8. The second-order valence-electron chi connectivity index (χ2n) is 10.4. The minimum atomic E-state index is -4.79. The van der Waals surface area contributed by atoms with Gasteiger partial charge in [0.05, 0.1) is 16.1 Å². The number of hydrogen-bond donors (Lipinski definition) is 1. The lowest BCUT2D eigenvalue weighted by atomic mass is 10.0. The minimum Gasteiger partial charge on any atom is -0.357 e. The summed E-state index contributed by atoms with van der Waals surface area (Å²) in [6.07, 6.45) is -4.76. The van der Waals surface area contributed by atoms with Gasteiger partial charge in [-0.05, 0) is 55.0 Å².